The summed E-state index contributed by atoms with van der Waals surface area (Å²) >= 11 is 5.85. The van der Waals surface area contributed by atoms with Gasteiger partial charge in [0.1, 0.15) is 5.69 Å². The Hall–Kier alpha value is -1.00. The molecule has 1 aliphatic carbocycles. The first-order valence-electron chi connectivity index (χ1n) is 5.72. The zero-order valence-corrected chi connectivity index (χ0v) is 10.8. The molecule has 4 nitrogen and oxygen atoms in total. The Kier molecular flexibility index (Phi) is 3.45. The van der Waals surface area contributed by atoms with E-state index >= 15 is 0 Å². The summed E-state index contributed by atoms with van der Waals surface area (Å²) in [6.07, 6.45) is 3.14. The van der Waals surface area contributed by atoms with Gasteiger partial charge in [0.2, 0.25) is 0 Å². The summed E-state index contributed by atoms with van der Waals surface area (Å²) in [6, 6.07) is 1.68. The first-order chi connectivity index (χ1) is 7.97. The van der Waals surface area contributed by atoms with E-state index in [9.17, 15) is 9.90 Å². The van der Waals surface area contributed by atoms with Crippen molar-refractivity contribution in [1.82, 2.24) is 9.47 Å². The number of carbonyl (C=O) groups is 1. The number of rotatable bonds is 3. The van der Waals surface area contributed by atoms with Crippen molar-refractivity contribution in [2.24, 2.45) is 13.0 Å². The van der Waals surface area contributed by atoms with Crippen LogP contribution in [0.2, 0.25) is 5.02 Å². The molecule has 5 heteroatoms. The molecule has 1 heterocycles. The number of nitrogens with zero attached hydrogens (tertiary/aromatic N) is 2. The Morgan fingerprint density at radius 3 is 2.76 bits per heavy atom. The van der Waals surface area contributed by atoms with Crippen LogP contribution in [-0.4, -0.2) is 40.2 Å². The molecule has 2 rings (SSSR count). The number of hydrogen-bond donors (Lipinski definition) is 1. The number of hydrogen-bond acceptors (Lipinski definition) is 2. The molecule has 1 saturated carbocycles. The molecule has 0 bridgehead atoms. The molecule has 0 radical (unpaired) electrons. The molecular weight excluding hydrogens is 240 g/mol. The topological polar surface area (TPSA) is 45.5 Å². The minimum absolute atomic E-state index is 0.0270. The van der Waals surface area contributed by atoms with Crippen LogP contribution in [0.5, 0.6) is 0 Å². The van der Waals surface area contributed by atoms with E-state index in [1.807, 2.05) is 0 Å². The second-order valence-electron chi connectivity index (χ2n) is 4.83. The lowest BCUT2D eigenvalue weighted by molar-refractivity contribution is 0.0263. The first-order valence-corrected chi connectivity index (χ1v) is 6.10. The SMILES string of the molecule is CN(CC1CC(O)C1)C(=O)c1cc(Cl)cn1C. The van der Waals surface area contributed by atoms with E-state index in [2.05, 4.69) is 0 Å². The summed E-state index contributed by atoms with van der Waals surface area (Å²) in [5, 5.41) is 9.78. The third-order valence-corrected chi connectivity index (χ3v) is 3.49. The number of halogens is 1. The number of aromatic nitrogens is 1. The van der Waals surface area contributed by atoms with Gasteiger partial charge in [0.05, 0.1) is 11.1 Å². The van der Waals surface area contributed by atoms with Crippen LogP contribution in [-0.2, 0) is 7.05 Å². The lowest BCUT2D eigenvalue weighted by atomic mass is 9.82. The number of aliphatic hydroxyl groups is 1. The maximum Gasteiger partial charge on any atom is 0.270 e. The highest BCUT2D eigenvalue weighted by atomic mass is 35.5. The van der Waals surface area contributed by atoms with Crippen molar-refractivity contribution < 1.29 is 9.90 Å². The molecule has 17 heavy (non-hydrogen) atoms. The molecule has 1 aliphatic rings. The monoisotopic (exact) mass is 256 g/mol. The molecule has 1 aromatic rings. The maximum absolute atomic E-state index is 12.1. The van der Waals surface area contributed by atoms with Gasteiger partial charge in [0.25, 0.3) is 5.91 Å². The smallest absolute Gasteiger partial charge is 0.270 e. The molecule has 1 amide bonds. The zero-order valence-electron chi connectivity index (χ0n) is 10.1. The standard InChI is InChI=1S/C12H17ClN2O2/c1-14-7-9(13)5-11(14)12(17)15(2)6-8-3-10(16)4-8/h5,7-8,10,16H,3-4,6H2,1-2H3. The average Bonchev–Trinajstić information content (AvgIpc) is 2.54. The van der Waals surface area contributed by atoms with Crippen LogP contribution in [0.25, 0.3) is 0 Å². The minimum Gasteiger partial charge on any atom is -0.393 e. The lowest BCUT2D eigenvalue weighted by Gasteiger charge is -2.34. The highest BCUT2D eigenvalue weighted by Gasteiger charge is 2.29. The van der Waals surface area contributed by atoms with Crippen molar-refractivity contribution >= 4 is 17.5 Å². The van der Waals surface area contributed by atoms with Gasteiger partial charge in [-0.3, -0.25) is 4.79 Å². The zero-order chi connectivity index (χ0) is 12.6. The normalized spacial score (nSPS) is 23.3. The van der Waals surface area contributed by atoms with Gasteiger partial charge in [-0.15, -0.1) is 0 Å². The first kappa shape index (κ1) is 12.5. The Morgan fingerprint density at radius 1 is 1.65 bits per heavy atom. The molecule has 0 aliphatic heterocycles. The predicted molar refractivity (Wildman–Crippen MR) is 66.1 cm³/mol. The van der Waals surface area contributed by atoms with E-state index in [0.29, 0.717) is 23.2 Å². The van der Waals surface area contributed by atoms with Crippen LogP contribution in [0, 0.1) is 5.92 Å². The van der Waals surface area contributed by atoms with Crippen molar-refractivity contribution in [3.8, 4) is 0 Å². The van der Waals surface area contributed by atoms with Gasteiger partial charge in [0, 0.05) is 26.8 Å². The number of amides is 1. The Morgan fingerprint density at radius 2 is 2.29 bits per heavy atom. The van der Waals surface area contributed by atoms with Crippen LogP contribution in [0.3, 0.4) is 0 Å². The summed E-state index contributed by atoms with van der Waals surface area (Å²) in [4.78, 5) is 13.8. The summed E-state index contributed by atoms with van der Waals surface area (Å²) in [7, 11) is 3.59. The van der Waals surface area contributed by atoms with E-state index < -0.39 is 0 Å². The minimum atomic E-state index is -0.173. The molecule has 1 aromatic heterocycles. The Bertz CT molecular complexity index is 424. The second kappa shape index (κ2) is 4.70. The summed E-state index contributed by atoms with van der Waals surface area (Å²) in [5.41, 5.74) is 0.595. The van der Waals surface area contributed by atoms with Gasteiger partial charge in [-0.25, -0.2) is 0 Å². The third-order valence-electron chi connectivity index (χ3n) is 3.28. The molecule has 94 valence electrons. The van der Waals surface area contributed by atoms with Gasteiger partial charge in [0.15, 0.2) is 0 Å². The van der Waals surface area contributed by atoms with E-state index in [1.165, 1.54) is 0 Å². The summed E-state index contributed by atoms with van der Waals surface area (Å²) in [6.45, 7) is 0.693. The van der Waals surface area contributed by atoms with Crippen LogP contribution >= 0.6 is 11.6 Å². The van der Waals surface area contributed by atoms with E-state index in [0.717, 1.165) is 12.8 Å². The molecule has 1 N–H and O–H groups in total. The lowest BCUT2D eigenvalue weighted by Crippen LogP contribution is -2.39. The molecule has 0 spiro atoms. The average molecular weight is 257 g/mol. The van der Waals surface area contributed by atoms with Crippen molar-refractivity contribution in [2.75, 3.05) is 13.6 Å². The molecule has 1 fully saturated rings. The highest BCUT2D eigenvalue weighted by molar-refractivity contribution is 6.31. The molecule has 0 saturated heterocycles. The van der Waals surface area contributed by atoms with Crippen LogP contribution in [0.15, 0.2) is 12.3 Å². The predicted octanol–water partition coefficient (Wildman–Crippen LogP) is 1.52. The highest BCUT2D eigenvalue weighted by Crippen LogP contribution is 2.28. The summed E-state index contributed by atoms with van der Waals surface area (Å²) < 4.78 is 1.73. The van der Waals surface area contributed by atoms with Crippen molar-refractivity contribution in [1.29, 1.82) is 0 Å². The van der Waals surface area contributed by atoms with Crippen molar-refractivity contribution in [3.05, 3.63) is 23.0 Å². The molecular formula is C12H17ClN2O2. The third kappa shape index (κ3) is 2.64. The molecule has 0 aromatic carbocycles. The van der Waals surface area contributed by atoms with Gasteiger partial charge in [-0.1, -0.05) is 11.6 Å². The second-order valence-corrected chi connectivity index (χ2v) is 5.27. The van der Waals surface area contributed by atoms with E-state index in [-0.39, 0.29) is 12.0 Å². The Labute approximate surface area is 106 Å². The van der Waals surface area contributed by atoms with Gasteiger partial charge >= 0.3 is 0 Å². The fourth-order valence-corrected chi connectivity index (χ4v) is 2.50. The summed E-state index contributed by atoms with van der Waals surface area (Å²) in [5.74, 6) is 0.399. The fraction of sp³-hybridized carbons (Fsp3) is 0.583. The Balaban J connectivity index is 1.97. The van der Waals surface area contributed by atoms with E-state index in [4.69, 9.17) is 11.6 Å². The number of aliphatic hydroxyl groups excluding tert-OH is 1. The fourth-order valence-electron chi connectivity index (χ4n) is 2.25. The van der Waals surface area contributed by atoms with E-state index in [1.54, 1.807) is 35.8 Å². The van der Waals surface area contributed by atoms with Crippen LogP contribution in [0.1, 0.15) is 23.3 Å². The van der Waals surface area contributed by atoms with Crippen LogP contribution < -0.4 is 0 Å². The number of carbonyl (C=O) groups excluding carboxylic acids is 1. The quantitative estimate of drug-likeness (QED) is 0.891. The van der Waals surface area contributed by atoms with Gasteiger partial charge < -0.3 is 14.6 Å². The molecule has 0 unspecified atom stereocenters. The largest absolute Gasteiger partial charge is 0.393 e. The number of aryl methyl sites for hydroxylation is 1. The van der Waals surface area contributed by atoms with Gasteiger partial charge in [-0.2, -0.15) is 0 Å². The van der Waals surface area contributed by atoms with Gasteiger partial charge in [-0.05, 0) is 24.8 Å². The maximum atomic E-state index is 12.1. The van der Waals surface area contributed by atoms with Crippen LogP contribution in [0.4, 0.5) is 0 Å². The van der Waals surface area contributed by atoms with Crippen molar-refractivity contribution in [3.63, 3.8) is 0 Å². The van der Waals surface area contributed by atoms with Crippen molar-refractivity contribution in [2.45, 2.75) is 18.9 Å². The molecule has 0 atom stereocenters.